The summed E-state index contributed by atoms with van der Waals surface area (Å²) in [6, 6.07) is 12.5. The van der Waals surface area contributed by atoms with Crippen LogP contribution in [0.5, 0.6) is 5.75 Å². The fourth-order valence-corrected chi connectivity index (χ4v) is 4.41. The van der Waals surface area contributed by atoms with Gasteiger partial charge in [0.2, 0.25) is 0 Å². The van der Waals surface area contributed by atoms with E-state index in [9.17, 15) is 14.4 Å². The van der Waals surface area contributed by atoms with Gasteiger partial charge in [-0.1, -0.05) is 44.0 Å². The number of unbranched alkanes of at least 4 members (excludes halogenated alkanes) is 2. The van der Waals surface area contributed by atoms with Crippen LogP contribution in [0, 0.1) is 4.91 Å². The number of rotatable bonds is 10. The van der Waals surface area contributed by atoms with Crippen LogP contribution in [0.2, 0.25) is 0 Å². The number of hydrogen-bond acceptors (Lipinski definition) is 5. The van der Waals surface area contributed by atoms with Gasteiger partial charge in [-0.05, 0) is 60.1 Å². The minimum Gasteiger partial charge on any atom is -0.494 e. The molecular weight excluding hydrogens is 391 g/mol. The molecule has 0 spiro atoms. The van der Waals surface area contributed by atoms with Crippen molar-refractivity contribution in [3.63, 3.8) is 0 Å². The number of fused-ring (bicyclic) bond motifs is 1. The van der Waals surface area contributed by atoms with Gasteiger partial charge < -0.3 is 15.4 Å². The van der Waals surface area contributed by atoms with E-state index in [-0.39, 0.29) is 12.5 Å². The highest BCUT2D eigenvalue weighted by Crippen LogP contribution is 2.47. The van der Waals surface area contributed by atoms with Gasteiger partial charge in [-0.15, -0.1) is 4.91 Å². The van der Waals surface area contributed by atoms with Gasteiger partial charge in [0.15, 0.2) is 0 Å². The largest absolute Gasteiger partial charge is 0.494 e. The number of ether oxygens (including phenoxy) is 1. The summed E-state index contributed by atoms with van der Waals surface area (Å²) in [7, 11) is -4.43. The molecule has 1 aliphatic rings. The average Bonchev–Trinajstić information content (AvgIpc) is 3.12. The highest BCUT2D eigenvalue weighted by atomic mass is 31.2. The molecule has 3 rings (SSSR count). The van der Waals surface area contributed by atoms with Gasteiger partial charge in [-0.3, -0.25) is 4.52 Å². The van der Waals surface area contributed by atoms with E-state index in [4.69, 9.17) is 15.0 Å². The third-order valence-electron chi connectivity index (χ3n) is 5.59. The van der Waals surface area contributed by atoms with Gasteiger partial charge in [0, 0.05) is 10.5 Å². The van der Waals surface area contributed by atoms with Gasteiger partial charge in [-0.25, -0.2) is 4.57 Å². The van der Waals surface area contributed by atoms with Crippen LogP contribution in [0.15, 0.2) is 41.3 Å². The lowest BCUT2D eigenvalue weighted by atomic mass is 9.92. The van der Waals surface area contributed by atoms with E-state index >= 15 is 0 Å². The lowest BCUT2D eigenvalue weighted by Gasteiger charge is -2.24. The average molecular weight is 420 g/mol. The second-order valence-corrected chi connectivity index (χ2v) is 9.37. The Morgan fingerprint density at radius 1 is 1.24 bits per heavy atom. The quantitative estimate of drug-likeness (QED) is 0.308. The standard InChI is InChI=1S/C21H29N2O5P/c1-2-3-4-11-27-20-8-7-16-12-17(5-6-18(16)13-20)19-9-10-21(22,14-19)15-28-29(25,26)23-24/h5-8,12-13,19H,2-4,9-11,14-15,22H2,1H3,(H,25,26). The third-order valence-corrected chi connectivity index (χ3v) is 6.26. The van der Waals surface area contributed by atoms with Gasteiger partial charge >= 0.3 is 7.75 Å². The summed E-state index contributed by atoms with van der Waals surface area (Å²) in [5.74, 6) is 1.12. The molecule has 29 heavy (non-hydrogen) atoms. The van der Waals surface area contributed by atoms with E-state index in [1.165, 1.54) is 18.4 Å². The van der Waals surface area contributed by atoms with Crippen LogP contribution in [0.25, 0.3) is 10.8 Å². The molecule has 0 aliphatic heterocycles. The predicted octanol–water partition coefficient (Wildman–Crippen LogP) is 5.26. The van der Waals surface area contributed by atoms with Crippen LogP contribution in [-0.4, -0.2) is 23.6 Å². The first kappa shape index (κ1) is 21.9. The Labute approximate surface area is 171 Å². The van der Waals surface area contributed by atoms with Crippen LogP contribution in [-0.2, 0) is 9.09 Å². The maximum atomic E-state index is 11.3. The number of benzene rings is 2. The Kier molecular flexibility index (Phi) is 7.06. The number of nitrogens with two attached hydrogens (primary N) is 1. The predicted molar refractivity (Wildman–Crippen MR) is 114 cm³/mol. The van der Waals surface area contributed by atoms with Crippen molar-refractivity contribution >= 4 is 18.5 Å². The first-order chi connectivity index (χ1) is 13.8. The molecule has 7 nitrogen and oxygen atoms in total. The summed E-state index contributed by atoms with van der Waals surface area (Å²) in [5.41, 5.74) is 6.78. The molecule has 1 fully saturated rings. The van der Waals surface area contributed by atoms with Crippen LogP contribution in [0.3, 0.4) is 0 Å². The van der Waals surface area contributed by atoms with Crippen LogP contribution >= 0.6 is 7.75 Å². The third kappa shape index (κ3) is 5.86. The molecule has 1 saturated carbocycles. The number of nitroso groups, excluding NO2 is 1. The molecule has 3 N–H and O–H groups in total. The topological polar surface area (TPSA) is 111 Å². The molecule has 0 aromatic heterocycles. The van der Waals surface area contributed by atoms with E-state index in [0.717, 1.165) is 36.0 Å². The lowest BCUT2D eigenvalue weighted by molar-refractivity contribution is 0.192. The Balaban J connectivity index is 1.64. The zero-order valence-corrected chi connectivity index (χ0v) is 17.6. The fraction of sp³-hybridized carbons (Fsp3) is 0.524. The van der Waals surface area contributed by atoms with Gasteiger partial charge in [0.25, 0.3) is 0 Å². The highest BCUT2D eigenvalue weighted by molar-refractivity contribution is 7.51. The maximum Gasteiger partial charge on any atom is 0.487 e. The smallest absolute Gasteiger partial charge is 0.487 e. The highest BCUT2D eigenvalue weighted by Gasteiger charge is 2.38. The minimum absolute atomic E-state index is 0.157. The molecule has 2 aromatic rings. The normalized spacial score (nSPS) is 23.8. The summed E-state index contributed by atoms with van der Waals surface area (Å²) < 4.78 is 21.9. The minimum atomic E-state index is -4.43. The molecule has 2 aromatic carbocycles. The van der Waals surface area contributed by atoms with Crippen LogP contribution in [0.4, 0.5) is 0 Å². The van der Waals surface area contributed by atoms with E-state index in [2.05, 4.69) is 42.2 Å². The Hall–Kier alpha value is -1.79. The van der Waals surface area contributed by atoms with Crippen molar-refractivity contribution in [2.24, 2.45) is 10.7 Å². The summed E-state index contributed by atoms with van der Waals surface area (Å²) >= 11 is 0. The van der Waals surface area contributed by atoms with Crippen LogP contribution in [0.1, 0.15) is 56.9 Å². The molecule has 8 heteroatoms. The van der Waals surface area contributed by atoms with Crippen molar-refractivity contribution < 1.29 is 18.7 Å². The van der Waals surface area contributed by atoms with Crippen molar-refractivity contribution in [1.82, 2.24) is 0 Å². The molecule has 3 unspecified atom stereocenters. The summed E-state index contributed by atoms with van der Waals surface area (Å²) in [6.07, 6.45) is 5.54. The summed E-state index contributed by atoms with van der Waals surface area (Å²) in [6.45, 7) is 2.75. The molecule has 0 bridgehead atoms. The van der Waals surface area contributed by atoms with Crippen LogP contribution < -0.4 is 10.5 Å². The fourth-order valence-electron chi connectivity index (χ4n) is 3.94. The zero-order valence-electron chi connectivity index (χ0n) is 16.8. The molecule has 0 heterocycles. The van der Waals surface area contributed by atoms with E-state index in [0.29, 0.717) is 12.8 Å². The molecule has 3 atom stereocenters. The zero-order chi connectivity index (χ0) is 20.9. The second kappa shape index (κ2) is 9.35. The van der Waals surface area contributed by atoms with Crippen molar-refractivity contribution in [2.45, 2.75) is 56.9 Å². The first-order valence-electron chi connectivity index (χ1n) is 10.1. The van der Waals surface area contributed by atoms with Crippen molar-refractivity contribution in [3.05, 3.63) is 46.9 Å². The van der Waals surface area contributed by atoms with Gasteiger partial charge in [0.05, 0.1) is 13.2 Å². The summed E-state index contributed by atoms with van der Waals surface area (Å²) in [4.78, 5) is 21.6. The second-order valence-electron chi connectivity index (χ2n) is 7.97. The molecule has 0 radical (unpaired) electrons. The van der Waals surface area contributed by atoms with E-state index < -0.39 is 13.3 Å². The van der Waals surface area contributed by atoms with Crippen molar-refractivity contribution in [2.75, 3.05) is 13.2 Å². The van der Waals surface area contributed by atoms with Gasteiger partial charge in [0.1, 0.15) is 5.75 Å². The molecular formula is C21H29N2O5P. The molecule has 0 saturated heterocycles. The maximum absolute atomic E-state index is 11.3. The number of nitrogens with zero attached hydrogens (tertiary/aromatic N) is 1. The Morgan fingerprint density at radius 2 is 2.00 bits per heavy atom. The Bertz CT molecular complexity index is 906. The lowest BCUT2D eigenvalue weighted by Crippen LogP contribution is -2.41. The number of hydrogen-bond donors (Lipinski definition) is 2. The monoisotopic (exact) mass is 420 g/mol. The van der Waals surface area contributed by atoms with E-state index in [1.807, 2.05) is 6.07 Å². The molecule has 158 valence electrons. The van der Waals surface area contributed by atoms with Crippen molar-refractivity contribution in [3.8, 4) is 5.75 Å². The first-order valence-corrected chi connectivity index (χ1v) is 11.6. The molecule has 1 aliphatic carbocycles. The SMILES string of the molecule is CCCCCOc1ccc2cc(C3CCC(N)(COP(=O)(O)N=O)C3)ccc2c1. The Morgan fingerprint density at radius 3 is 2.76 bits per heavy atom. The van der Waals surface area contributed by atoms with E-state index in [1.54, 1.807) is 0 Å². The molecule has 0 amide bonds. The van der Waals surface area contributed by atoms with Gasteiger partial charge in [-0.2, -0.15) is 0 Å². The summed E-state index contributed by atoms with van der Waals surface area (Å²) in [5, 5.41) is 2.26. The van der Waals surface area contributed by atoms with Crippen molar-refractivity contribution in [1.29, 1.82) is 0 Å².